The van der Waals surface area contributed by atoms with E-state index in [0.29, 0.717) is 22.5 Å². The lowest BCUT2D eigenvalue weighted by atomic mass is 10.2. The highest BCUT2D eigenvalue weighted by Gasteiger charge is 2.01. The first kappa shape index (κ1) is 11.8. The van der Waals surface area contributed by atoms with E-state index >= 15 is 0 Å². The van der Waals surface area contributed by atoms with Crippen molar-refractivity contribution in [3.63, 3.8) is 0 Å². The van der Waals surface area contributed by atoms with E-state index in [1.54, 1.807) is 12.4 Å². The summed E-state index contributed by atoms with van der Waals surface area (Å²) < 4.78 is 1.96. The summed E-state index contributed by atoms with van der Waals surface area (Å²) in [5.74, 6) is 0.425. The molecule has 2 rings (SSSR count). The molecule has 0 aliphatic rings. The summed E-state index contributed by atoms with van der Waals surface area (Å²) in [6.07, 6.45) is 3.66. The molecule has 0 fully saturated rings. The van der Waals surface area contributed by atoms with E-state index in [2.05, 4.69) is 4.98 Å². The maximum absolute atomic E-state index is 5.93. The molecule has 0 aliphatic heterocycles. The number of alkyl halides is 1. The van der Waals surface area contributed by atoms with Gasteiger partial charge >= 0.3 is 0 Å². The summed E-state index contributed by atoms with van der Waals surface area (Å²) in [5, 5.41) is 1.13. The molecule has 1 aromatic heterocycles. The molecule has 16 heavy (non-hydrogen) atoms. The Labute approximate surface area is 109 Å². The Kier molecular flexibility index (Phi) is 3.74. The fourth-order valence-electron chi connectivity index (χ4n) is 1.41. The quantitative estimate of drug-likeness (QED) is 0.775. The molecule has 0 atom stereocenters. The minimum atomic E-state index is 0.425. The Bertz CT molecular complexity index is 494. The largest absolute Gasteiger partial charge is 0.333 e. The molecule has 0 spiro atoms. The predicted molar refractivity (Wildman–Crippen MR) is 67.3 cm³/mol. The van der Waals surface area contributed by atoms with Crippen molar-refractivity contribution in [1.29, 1.82) is 0 Å². The summed E-state index contributed by atoms with van der Waals surface area (Å²) in [4.78, 5) is 4.14. The van der Waals surface area contributed by atoms with Gasteiger partial charge in [-0.25, -0.2) is 4.98 Å². The lowest BCUT2D eigenvalue weighted by molar-refractivity contribution is 0.797. The fourth-order valence-corrected chi connectivity index (χ4v) is 1.87. The van der Waals surface area contributed by atoms with Gasteiger partial charge in [-0.3, -0.25) is 0 Å². The van der Waals surface area contributed by atoms with Gasteiger partial charge in [-0.1, -0.05) is 29.3 Å². The number of halogens is 3. The van der Waals surface area contributed by atoms with E-state index in [1.165, 1.54) is 0 Å². The molecular formula is C11H9Cl3N2. The van der Waals surface area contributed by atoms with Gasteiger partial charge in [0.15, 0.2) is 0 Å². The van der Waals surface area contributed by atoms with Crippen LogP contribution in [0.5, 0.6) is 0 Å². The zero-order valence-corrected chi connectivity index (χ0v) is 10.6. The van der Waals surface area contributed by atoms with E-state index in [1.807, 2.05) is 22.9 Å². The molecule has 1 heterocycles. The number of imidazole rings is 1. The van der Waals surface area contributed by atoms with Crippen LogP contribution in [-0.4, -0.2) is 9.55 Å². The molecule has 0 radical (unpaired) electrons. The minimum Gasteiger partial charge on any atom is -0.333 e. The molecule has 0 N–H and O–H groups in total. The van der Waals surface area contributed by atoms with Gasteiger partial charge in [0.1, 0.15) is 0 Å². The summed E-state index contributed by atoms with van der Waals surface area (Å²) in [5.41, 5.74) is 1.94. The second-order valence-electron chi connectivity index (χ2n) is 3.42. The first-order chi connectivity index (χ1) is 7.69. The Balaban J connectivity index is 2.17. The van der Waals surface area contributed by atoms with Gasteiger partial charge in [-0.05, 0) is 17.7 Å². The van der Waals surface area contributed by atoms with Crippen molar-refractivity contribution in [1.82, 2.24) is 9.55 Å². The maximum Gasteiger partial charge on any atom is 0.0953 e. The molecule has 2 aromatic rings. The molecule has 0 saturated carbocycles. The number of benzene rings is 1. The van der Waals surface area contributed by atoms with E-state index in [4.69, 9.17) is 34.8 Å². The average Bonchev–Trinajstić information content (AvgIpc) is 2.71. The van der Waals surface area contributed by atoms with Crippen LogP contribution in [-0.2, 0) is 12.4 Å². The second kappa shape index (κ2) is 5.09. The van der Waals surface area contributed by atoms with Crippen molar-refractivity contribution in [3.8, 4) is 0 Å². The van der Waals surface area contributed by atoms with Crippen LogP contribution in [0.2, 0.25) is 10.0 Å². The van der Waals surface area contributed by atoms with E-state index in [-0.39, 0.29) is 0 Å². The summed E-state index contributed by atoms with van der Waals surface area (Å²) in [6, 6.07) is 5.58. The topological polar surface area (TPSA) is 17.8 Å². The lowest BCUT2D eigenvalue weighted by Crippen LogP contribution is -1.96. The van der Waals surface area contributed by atoms with E-state index in [9.17, 15) is 0 Å². The molecule has 0 unspecified atom stereocenters. The van der Waals surface area contributed by atoms with Crippen molar-refractivity contribution in [2.45, 2.75) is 12.4 Å². The van der Waals surface area contributed by atoms with Crippen LogP contribution in [0.4, 0.5) is 0 Å². The van der Waals surface area contributed by atoms with Gasteiger partial charge in [0, 0.05) is 12.7 Å². The predicted octanol–water partition coefficient (Wildman–Crippen LogP) is 3.98. The summed E-state index contributed by atoms with van der Waals surface area (Å²) >= 11 is 17.5. The highest BCUT2D eigenvalue weighted by molar-refractivity contribution is 6.42. The second-order valence-corrected chi connectivity index (χ2v) is 4.50. The molecule has 0 amide bonds. The smallest absolute Gasteiger partial charge is 0.0953 e. The zero-order chi connectivity index (χ0) is 11.5. The summed E-state index contributed by atoms with van der Waals surface area (Å²) in [7, 11) is 0. The molecule has 5 heteroatoms. The Morgan fingerprint density at radius 1 is 1.19 bits per heavy atom. The number of rotatable bonds is 3. The van der Waals surface area contributed by atoms with Gasteiger partial charge in [-0.15, -0.1) is 11.6 Å². The first-order valence-corrected chi connectivity index (χ1v) is 5.98. The third-order valence-electron chi connectivity index (χ3n) is 2.17. The molecule has 0 bridgehead atoms. The third kappa shape index (κ3) is 2.70. The average molecular weight is 276 g/mol. The van der Waals surface area contributed by atoms with Crippen molar-refractivity contribution in [2.24, 2.45) is 0 Å². The van der Waals surface area contributed by atoms with Crippen LogP contribution < -0.4 is 0 Å². The van der Waals surface area contributed by atoms with Crippen LogP contribution in [0.15, 0.2) is 30.7 Å². The van der Waals surface area contributed by atoms with Gasteiger partial charge in [0.05, 0.1) is 27.9 Å². The normalized spacial score (nSPS) is 10.7. The van der Waals surface area contributed by atoms with Crippen molar-refractivity contribution < 1.29 is 0 Å². The Morgan fingerprint density at radius 3 is 2.62 bits per heavy atom. The van der Waals surface area contributed by atoms with E-state index in [0.717, 1.165) is 11.3 Å². The monoisotopic (exact) mass is 274 g/mol. The number of hydrogen-bond donors (Lipinski definition) is 0. The molecule has 84 valence electrons. The summed E-state index contributed by atoms with van der Waals surface area (Å²) in [6.45, 7) is 0.709. The zero-order valence-electron chi connectivity index (χ0n) is 8.33. The maximum atomic E-state index is 5.93. The van der Waals surface area contributed by atoms with Gasteiger partial charge < -0.3 is 4.57 Å². The highest BCUT2D eigenvalue weighted by Crippen LogP contribution is 2.23. The Morgan fingerprint density at radius 2 is 2.00 bits per heavy atom. The molecule has 0 saturated heterocycles. The van der Waals surface area contributed by atoms with Crippen LogP contribution >= 0.6 is 34.8 Å². The number of nitrogens with zero attached hydrogens (tertiary/aromatic N) is 2. The number of aromatic nitrogens is 2. The fraction of sp³-hybridized carbons (Fsp3) is 0.182. The molecular weight excluding hydrogens is 266 g/mol. The minimum absolute atomic E-state index is 0.425. The van der Waals surface area contributed by atoms with Gasteiger partial charge in [-0.2, -0.15) is 0 Å². The van der Waals surface area contributed by atoms with Crippen molar-refractivity contribution in [2.75, 3.05) is 0 Å². The molecule has 2 nitrogen and oxygen atoms in total. The molecule has 1 aromatic carbocycles. The van der Waals surface area contributed by atoms with Crippen LogP contribution in [0.25, 0.3) is 0 Å². The third-order valence-corrected chi connectivity index (χ3v) is 3.19. The van der Waals surface area contributed by atoms with Crippen molar-refractivity contribution in [3.05, 3.63) is 52.0 Å². The SMILES string of the molecule is ClCc1cn(Cc2ccc(Cl)c(Cl)c2)cn1. The highest BCUT2D eigenvalue weighted by atomic mass is 35.5. The van der Waals surface area contributed by atoms with Crippen LogP contribution in [0, 0.1) is 0 Å². The lowest BCUT2D eigenvalue weighted by Gasteiger charge is -2.03. The van der Waals surface area contributed by atoms with Crippen LogP contribution in [0.1, 0.15) is 11.3 Å². The standard InChI is InChI=1S/C11H9Cl3N2/c12-4-9-6-16(7-15-9)5-8-1-2-10(13)11(14)3-8/h1-3,6-7H,4-5H2. The van der Waals surface area contributed by atoms with Crippen LogP contribution in [0.3, 0.4) is 0 Å². The van der Waals surface area contributed by atoms with Gasteiger partial charge in [0.25, 0.3) is 0 Å². The Hall–Kier alpha value is -0.700. The van der Waals surface area contributed by atoms with Crippen molar-refractivity contribution >= 4 is 34.8 Å². The molecule has 0 aliphatic carbocycles. The van der Waals surface area contributed by atoms with Gasteiger partial charge in [0.2, 0.25) is 0 Å². The van der Waals surface area contributed by atoms with E-state index < -0.39 is 0 Å². The number of hydrogen-bond acceptors (Lipinski definition) is 1. The first-order valence-electron chi connectivity index (χ1n) is 4.69.